The lowest BCUT2D eigenvalue weighted by molar-refractivity contribution is -0.118. The van der Waals surface area contributed by atoms with Crippen LogP contribution in [0.3, 0.4) is 0 Å². The molecule has 124 valence electrons. The second kappa shape index (κ2) is 6.76. The van der Waals surface area contributed by atoms with Crippen molar-refractivity contribution in [2.75, 3.05) is 17.3 Å². The summed E-state index contributed by atoms with van der Waals surface area (Å²) in [5.41, 5.74) is 6.33. The summed E-state index contributed by atoms with van der Waals surface area (Å²) >= 11 is 17.9. The topological polar surface area (TPSA) is 79.5 Å². The van der Waals surface area contributed by atoms with Crippen LogP contribution in [-0.2, 0) is 4.79 Å². The Morgan fingerprint density at radius 3 is 2.54 bits per heavy atom. The van der Waals surface area contributed by atoms with Gasteiger partial charge in [0, 0.05) is 10.6 Å². The van der Waals surface area contributed by atoms with Crippen LogP contribution in [-0.4, -0.2) is 18.4 Å². The van der Waals surface area contributed by atoms with Gasteiger partial charge in [-0.1, -0.05) is 34.8 Å². The van der Waals surface area contributed by atoms with Crippen molar-refractivity contribution in [3.05, 3.63) is 51.0 Å². The fraction of sp³-hybridized carbons (Fsp3) is 0.0667. The molecule has 24 heavy (non-hydrogen) atoms. The summed E-state index contributed by atoms with van der Waals surface area (Å²) in [6.07, 6.45) is 0. The molecule has 3 N–H and O–H groups in total. The van der Waals surface area contributed by atoms with Gasteiger partial charge >= 0.3 is 0 Å². The first-order valence-corrected chi connectivity index (χ1v) is 7.85. The zero-order chi connectivity index (χ0) is 17.3. The molecule has 0 unspecified atom stereocenters. The molecule has 1 aliphatic rings. The molecule has 0 bridgehead atoms. The first kappa shape index (κ1) is 16.7. The van der Waals surface area contributed by atoms with Crippen LogP contribution in [0.1, 0.15) is 10.4 Å². The molecule has 0 aliphatic carbocycles. The molecular weight excluding hydrogens is 377 g/mol. The molecular formula is C15H10Cl3N3O3. The van der Waals surface area contributed by atoms with Crippen LogP contribution in [0.4, 0.5) is 11.4 Å². The van der Waals surface area contributed by atoms with Crippen LogP contribution < -0.4 is 20.9 Å². The number of benzene rings is 2. The van der Waals surface area contributed by atoms with E-state index < -0.39 is 5.91 Å². The summed E-state index contributed by atoms with van der Waals surface area (Å²) in [6.45, 7) is -0.0910. The normalized spacial score (nSPS) is 12.7. The molecule has 0 fully saturated rings. The Morgan fingerprint density at radius 2 is 1.83 bits per heavy atom. The van der Waals surface area contributed by atoms with Crippen molar-refractivity contribution in [3.63, 3.8) is 0 Å². The van der Waals surface area contributed by atoms with Gasteiger partial charge in [0.15, 0.2) is 6.61 Å². The summed E-state index contributed by atoms with van der Waals surface area (Å²) in [6, 6.07) is 7.66. The maximum atomic E-state index is 12.2. The van der Waals surface area contributed by atoms with Gasteiger partial charge in [0.25, 0.3) is 11.8 Å². The monoisotopic (exact) mass is 385 g/mol. The Morgan fingerprint density at radius 1 is 1.12 bits per heavy atom. The summed E-state index contributed by atoms with van der Waals surface area (Å²) < 4.78 is 5.27. The van der Waals surface area contributed by atoms with Gasteiger partial charge in [0.1, 0.15) is 5.75 Å². The summed E-state index contributed by atoms with van der Waals surface area (Å²) in [4.78, 5) is 23.5. The maximum Gasteiger partial charge on any atom is 0.269 e. The fourth-order valence-corrected chi connectivity index (χ4v) is 2.98. The van der Waals surface area contributed by atoms with Gasteiger partial charge in [-0.2, -0.15) is 0 Å². The minimum Gasteiger partial charge on any atom is -0.482 e. The van der Waals surface area contributed by atoms with Gasteiger partial charge in [-0.3, -0.25) is 20.4 Å². The van der Waals surface area contributed by atoms with Gasteiger partial charge in [-0.15, -0.1) is 0 Å². The van der Waals surface area contributed by atoms with Crippen molar-refractivity contribution in [3.8, 4) is 5.75 Å². The number of carbonyl (C=O) groups is 2. The predicted octanol–water partition coefficient (Wildman–Crippen LogP) is 3.73. The van der Waals surface area contributed by atoms with Crippen LogP contribution in [0, 0.1) is 0 Å². The van der Waals surface area contributed by atoms with E-state index >= 15 is 0 Å². The first-order chi connectivity index (χ1) is 11.4. The van der Waals surface area contributed by atoms with E-state index in [2.05, 4.69) is 16.2 Å². The summed E-state index contributed by atoms with van der Waals surface area (Å²) in [5.74, 6) is -0.251. The third-order valence-corrected chi connectivity index (χ3v) is 4.00. The molecule has 0 radical (unpaired) electrons. The quantitative estimate of drug-likeness (QED) is 0.702. The highest BCUT2D eigenvalue weighted by atomic mass is 35.5. The highest BCUT2D eigenvalue weighted by Crippen LogP contribution is 2.33. The lowest BCUT2D eigenvalue weighted by Crippen LogP contribution is -2.30. The SMILES string of the molecule is O=C1COc2cc(C(=O)NNc3c(Cl)cc(Cl)cc3Cl)ccc2N1. The maximum absolute atomic E-state index is 12.2. The van der Waals surface area contributed by atoms with Gasteiger partial charge in [0.05, 0.1) is 21.4 Å². The Kier molecular flexibility index (Phi) is 4.71. The number of ether oxygens (including phenoxy) is 1. The van der Waals surface area contributed by atoms with E-state index in [1.54, 1.807) is 12.1 Å². The predicted molar refractivity (Wildman–Crippen MR) is 93.1 cm³/mol. The van der Waals surface area contributed by atoms with E-state index in [1.165, 1.54) is 18.2 Å². The van der Waals surface area contributed by atoms with Crippen molar-refractivity contribution >= 4 is 58.0 Å². The highest BCUT2D eigenvalue weighted by molar-refractivity contribution is 6.41. The number of halogens is 3. The minimum absolute atomic E-state index is 0.0910. The Balaban J connectivity index is 1.73. The number of nitrogens with one attached hydrogen (secondary N) is 3. The zero-order valence-electron chi connectivity index (χ0n) is 12.0. The molecule has 0 spiro atoms. The van der Waals surface area contributed by atoms with E-state index in [1.807, 2.05) is 0 Å². The number of rotatable bonds is 3. The third kappa shape index (κ3) is 3.51. The lowest BCUT2D eigenvalue weighted by Gasteiger charge is -2.18. The molecule has 1 aliphatic heterocycles. The number of amides is 2. The zero-order valence-corrected chi connectivity index (χ0v) is 14.2. The molecule has 6 nitrogen and oxygen atoms in total. The molecule has 2 amide bonds. The second-order valence-electron chi connectivity index (χ2n) is 4.87. The molecule has 2 aromatic carbocycles. The van der Waals surface area contributed by atoms with Crippen LogP contribution in [0.25, 0.3) is 0 Å². The number of hydrazine groups is 1. The minimum atomic E-state index is -0.430. The van der Waals surface area contributed by atoms with Crippen LogP contribution >= 0.6 is 34.8 Å². The van der Waals surface area contributed by atoms with Crippen molar-refractivity contribution < 1.29 is 14.3 Å². The smallest absolute Gasteiger partial charge is 0.269 e. The standard InChI is InChI=1S/C15H10Cl3N3O3/c16-8-4-9(17)14(10(18)5-8)20-21-15(23)7-1-2-11-12(3-7)24-6-13(22)19-11/h1-5,20H,6H2,(H,19,22)(H,21,23). The summed E-state index contributed by atoms with van der Waals surface area (Å²) in [7, 11) is 0. The largest absolute Gasteiger partial charge is 0.482 e. The number of hydrogen-bond donors (Lipinski definition) is 3. The molecule has 0 aromatic heterocycles. The number of carbonyl (C=O) groups excluding carboxylic acids is 2. The van der Waals surface area contributed by atoms with Crippen molar-refractivity contribution in [1.29, 1.82) is 0 Å². The van der Waals surface area contributed by atoms with Crippen LogP contribution in [0.5, 0.6) is 5.75 Å². The fourth-order valence-electron chi connectivity index (χ4n) is 2.07. The average molecular weight is 387 g/mol. The number of hydrogen-bond acceptors (Lipinski definition) is 4. The van der Waals surface area contributed by atoms with E-state index in [-0.39, 0.29) is 22.6 Å². The van der Waals surface area contributed by atoms with Gasteiger partial charge in [-0.25, -0.2) is 0 Å². The summed E-state index contributed by atoms with van der Waals surface area (Å²) in [5, 5.41) is 3.57. The Hall–Kier alpha value is -2.15. The average Bonchev–Trinajstić information content (AvgIpc) is 2.53. The Bertz CT molecular complexity index is 819. The molecule has 0 saturated heterocycles. The van der Waals surface area contributed by atoms with Crippen molar-refractivity contribution in [2.24, 2.45) is 0 Å². The molecule has 0 atom stereocenters. The molecule has 2 aromatic rings. The highest BCUT2D eigenvalue weighted by Gasteiger charge is 2.18. The van der Waals surface area contributed by atoms with E-state index in [0.29, 0.717) is 27.7 Å². The van der Waals surface area contributed by atoms with Crippen LogP contribution in [0.15, 0.2) is 30.3 Å². The van der Waals surface area contributed by atoms with Gasteiger partial charge in [0.2, 0.25) is 0 Å². The van der Waals surface area contributed by atoms with E-state index in [4.69, 9.17) is 39.5 Å². The molecule has 9 heteroatoms. The molecule has 1 heterocycles. The Labute approximate surface area is 152 Å². The first-order valence-electron chi connectivity index (χ1n) is 6.71. The van der Waals surface area contributed by atoms with Gasteiger partial charge < -0.3 is 10.1 Å². The molecule has 3 rings (SSSR count). The number of fused-ring (bicyclic) bond motifs is 1. The lowest BCUT2D eigenvalue weighted by atomic mass is 10.1. The van der Waals surface area contributed by atoms with E-state index in [9.17, 15) is 9.59 Å². The van der Waals surface area contributed by atoms with Crippen molar-refractivity contribution in [2.45, 2.75) is 0 Å². The van der Waals surface area contributed by atoms with E-state index in [0.717, 1.165) is 0 Å². The third-order valence-electron chi connectivity index (χ3n) is 3.18. The van der Waals surface area contributed by atoms with Crippen LogP contribution in [0.2, 0.25) is 15.1 Å². The second-order valence-corrected chi connectivity index (χ2v) is 6.12. The van der Waals surface area contributed by atoms with Crippen molar-refractivity contribution in [1.82, 2.24) is 5.43 Å². The van der Waals surface area contributed by atoms with Gasteiger partial charge in [-0.05, 0) is 30.3 Å². The number of anilines is 2. The molecule has 0 saturated carbocycles.